The molecular formula is C10H13F3N2O2. The molecule has 1 rings (SSSR count). The lowest BCUT2D eigenvalue weighted by Gasteiger charge is -2.39. The van der Waals surface area contributed by atoms with Crippen molar-refractivity contribution in [1.29, 1.82) is 5.26 Å². The van der Waals surface area contributed by atoms with Crippen LogP contribution in [0.15, 0.2) is 0 Å². The van der Waals surface area contributed by atoms with E-state index < -0.39 is 30.1 Å². The third-order valence-electron chi connectivity index (χ3n) is 2.88. The summed E-state index contributed by atoms with van der Waals surface area (Å²) in [5.74, 6) is -0.519. The van der Waals surface area contributed by atoms with E-state index in [2.05, 4.69) is 0 Å². The molecule has 0 saturated heterocycles. The fourth-order valence-corrected chi connectivity index (χ4v) is 1.93. The van der Waals surface area contributed by atoms with Gasteiger partial charge in [0.05, 0.1) is 12.6 Å². The first-order valence-electron chi connectivity index (χ1n) is 5.15. The molecule has 0 radical (unpaired) electrons. The zero-order chi connectivity index (χ0) is 13.3. The molecule has 1 aliphatic rings. The van der Waals surface area contributed by atoms with Crippen LogP contribution in [0.4, 0.5) is 13.2 Å². The Kier molecular flexibility index (Phi) is 3.67. The van der Waals surface area contributed by atoms with Crippen molar-refractivity contribution in [3.8, 4) is 6.07 Å². The van der Waals surface area contributed by atoms with Crippen LogP contribution in [0.1, 0.15) is 19.8 Å². The maximum atomic E-state index is 12.0. The van der Waals surface area contributed by atoms with Crippen LogP contribution in [0.5, 0.6) is 0 Å². The molecule has 0 spiro atoms. The second-order valence-corrected chi connectivity index (χ2v) is 4.47. The fourth-order valence-electron chi connectivity index (χ4n) is 1.93. The van der Waals surface area contributed by atoms with E-state index in [1.54, 1.807) is 0 Å². The number of rotatable bonds is 3. The number of aliphatic hydroxyl groups is 1. The Labute approximate surface area is 96.4 Å². The highest BCUT2D eigenvalue weighted by Crippen LogP contribution is 2.45. The standard InChI is InChI=1S/C10H13F3N2O2/c1-6-2-9(3-6,5-14)8(17)15-4-7(16)10(11,12)13/h6-7,16H,2-4H2,1H3,(H,15,17). The van der Waals surface area contributed by atoms with Crippen LogP contribution in [0.25, 0.3) is 0 Å². The van der Waals surface area contributed by atoms with Crippen LogP contribution in [0.3, 0.4) is 0 Å². The van der Waals surface area contributed by atoms with Gasteiger partial charge in [-0.3, -0.25) is 4.79 Å². The van der Waals surface area contributed by atoms with E-state index in [0.29, 0.717) is 12.8 Å². The number of carbonyl (C=O) groups is 1. The number of carbonyl (C=O) groups excluding carboxylic acids is 1. The highest BCUT2D eigenvalue weighted by atomic mass is 19.4. The molecule has 0 heterocycles. The lowest BCUT2D eigenvalue weighted by atomic mass is 9.63. The van der Waals surface area contributed by atoms with Gasteiger partial charge in [0.25, 0.3) is 0 Å². The molecule has 7 heteroatoms. The Bertz CT molecular complexity index is 342. The van der Waals surface area contributed by atoms with Crippen molar-refractivity contribution in [1.82, 2.24) is 5.32 Å². The normalized spacial score (nSPS) is 30.0. The van der Waals surface area contributed by atoms with Gasteiger partial charge in [-0.1, -0.05) is 6.92 Å². The van der Waals surface area contributed by atoms with Gasteiger partial charge in [-0.15, -0.1) is 0 Å². The molecule has 4 nitrogen and oxygen atoms in total. The predicted molar refractivity (Wildman–Crippen MR) is 51.5 cm³/mol. The molecule has 1 saturated carbocycles. The molecule has 0 aromatic rings. The molecule has 1 amide bonds. The third kappa shape index (κ3) is 2.88. The van der Waals surface area contributed by atoms with Gasteiger partial charge in [0.1, 0.15) is 5.41 Å². The zero-order valence-corrected chi connectivity index (χ0v) is 9.21. The molecule has 1 unspecified atom stereocenters. The van der Waals surface area contributed by atoms with Crippen molar-refractivity contribution < 1.29 is 23.1 Å². The van der Waals surface area contributed by atoms with Gasteiger partial charge in [0, 0.05) is 0 Å². The number of amides is 1. The molecule has 96 valence electrons. The van der Waals surface area contributed by atoms with Gasteiger partial charge in [0.2, 0.25) is 5.91 Å². The lowest BCUT2D eigenvalue weighted by Crippen LogP contribution is -2.51. The van der Waals surface area contributed by atoms with Crippen LogP contribution in [-0.4, -0.2) is 29.8 Å². The Morgan fingerprint density at radius 1 is 1.65 bits per heavy atom. The summed E-state index contributed by atoms with van der Waals surface area (Å²) in [4.78, 5) is 11.5. The molecule has 1 atom stereocenters. The fraction of sp³-hybridized carbons (Fsp3) is 0.800. The second kappa shape index (κ2) is 4.53. The summed E-state index contributed by atoms with van der Waals surface area (Å²) < 4.78 is 35.9. The maximum Gasteiger partial charge on any atom is 0.416 e. The SMILES string of the molecule is CC1CC(C#N)(C(=O)NCC(O)C(F)(F)F)C1. The molecule has 17 heavy (non-hydrogen) atoms. The van der Waals surface area contributed by atoms with E-state index in [-0.39, 0.29) is 5.92 Å². The molecule has 0 aromatic heterocycles. The summed E-state index contributed by atoms with van der Waals surface area (Å²) in [7, 11) is 0. The number of hydrogen-bond donors (Lipinski definition) is 2. The minimum absolute atomic E-state index is 0.216. The molecule has 0 aromatic carbocycles. The summed E-state index contributed by atoms with van der Waals surface area (Å²) in [6.45, 7) is 0.938. The summed E-state index contributed by atoms with van der Waals surface area (Å²) >= 11 is 0. The van der Waals surface area contributed by atoms with Gasteiger partial charge in [-0.05, 0) is 18.8 Å². The minimum Gasteiger partial charge on any atom is -0.382 e. The van der Waals surface area contributed by atoms with Crippen LogP contribution in [0.2, 0.25) is 0 Å². The summed E-state index contributed by atoms with van der Waals surface area (Å²) in [6, 6.07) is 1.83. The third-order valence-corrected chi connectivity index (χ3v) is 2.88. The molecule has 0 aliphatic heterocycles. The number of nitrogens with zero attached hydrogens (tertiary/aromatic N) is 1. The van der Waals surface area contributed by atoms with Crippen molar-refractivity contribution in [2.24, 2.45) is 11.3 Å². The van der Waals surface area contributed by atoms with Gasteiger partial charge >= 0.3 is 6.18 Å². The van der Waals surface area contributed by atoms with Gasteiger partial charge in [-0.2, -0.15) is 18.4 Å². The average molecular weight is 250 g/mol. The van der Waals surface area contributed by atoms with Crippen LogP contribution in [-0.2, 0) is 4.79 Å². The topological polar surface area (TPSA) is 73.1 Å². The Morgan fingerprint density at radius 3 is 2.53 bits per heavy atom. The number of nitriles is 1. The number of alkyl halides is 3. The molecule has 1 fully saturated rings. The first-order chi connectivity index (χ1) is 7.71. The Hall–Kier alpha value is -1.29. The number of aliphatic hydroxyl groups excluding tert-OH is 1. The monoisotopic (exact) mass is 250 g/mol. The van der Waals surface area contributed by atoms with Crippen molar-refractivity contribution in [3.05, 3.63) is 0 Å². The van der Waals surface area contributed by atoms with E-state index in [1.807, 2.05) is 18.3 Å². The quantitative estimate of drug-likeness (QED) is 0.783. The molecular weight excluding hydrogens is 237 g/mol. The lowest BCUT2D eigenvalue weighted by molar-refractivity contribution is -0.202. The Morgan fingerprint density at radius 2 is 2.18 bits per heavy atom. The van der Waals surface area contributed by atoms with Gasteiger partial charge in [0.15, 0.2) is 6.10 Å². The summed E-state index contributed by atoms with van der Waals surface area (Å²) in [5.41, 5.74) is -1.22. The highest BCUT2D eigenvalue weighted by Gasteiger charge is 2.49. The van der Waals surface area contributed by atoms with E-state index >= 15 is 0 Å². The van der Waals surface area contributed by atoms with Crippen molar-refractivity contribution in [2.75, 3.05) is 6.54 Å². The summed E-state index contributed by atoms with van der Waals surface area (Å²) in [5, 5.41) is 19.5. The van der Waals surface area contributed by atoms with E-state index in [4.69, 9.17) is 10.4 Å². The maximum absolute atomic E-state index is 12.0. The molecule has 1 aliphatic carbocycles. The van der Waals surface area contributed by atoms with E-state index in [1.165, 1.54) is 0 Å². The van der Waals surface area contributed by atoms with Crippen LogP contribution < -0.4 is 5.32 Å². The summed E-state index contributed by atoms with van der Waals surface area (Å²) in [6.07, 6.45) is -6.67. The minimum atomic E-state index is -4.76. The predicted octanol–water partition coefficient (Wildman–Crippen LogP) is 0.966. The molecule has 2 N–H and O–H groups in total. The first kappa shape index (κ1) is 13.8. The van der Waals surface area contributed by atoms with Crippen molar-refractivity contribution in [3.63, 3.8) is 0 Å². The van der Waals surface area contributed by atoms with Gasteiger partial charge in [-0.25, -0.2) is 0 Å². The van der Waals surface area contributed by atoms with Gasteiger partial charge < -0.3 is 10.4 Å². The van der Waals surface area contributed by atoms with Crippen molar-refractivity contribution >= 4 is 5.91 Å². The second-order valence-electron chi connectivity index (χ2n) is 4.47. The average Bonchev–Trinajstić information content (AvgIpc) is 2.18. The number of hydrogen-bond acceptors (Lipinski definition) is 3. The van der Waals surface area contributed by atoms with E-state index in [0.717, 1.165) is 0 Å². The number of halogens is 3. The Balaban J connectivity index is 2.49. The largest absolute Gasteiger partial charge is 0.416 e. The smallest absolute Gasteiger partial charge is 0.382 e. The first-order valence-corrected chi connectivity index (χ1v) is 5.15. The van der Waals surface area contributed by atoms with Crippen LogP contribution >= 0.6 is 0 Å². The molecule has 0 bridgehead atoms. The highest BCUT2D eigenvalue weighted by molar-refractivity contribution is 5.86. The number of nitrogens with one attached hydrogen (secondary N) is 1. The zero-order valence-electron chi connectivity index (χ0n) is 9.21. The van der Waals surface area contributed by atoms with Crippen molar-refractivity contribution in [2.45, 2.75) is 32.0 Å². The van der Waals surface area contributed by atoms with E-state index in [9.17, 15) is 18.0 Å². The van der Waals surface area contributed by atoms with Crippen LogP contribution in [0, 0.1) is 22.7 Å².